The molecule has 3 N–H and O–H groups in total. The average molecular weight is 201 g/mol. The molecule has 1 atom stereocenters. The Morgan fingerprint density at radius 3 is 2.73 bits per heavy atom. The molecule has 0 saturated carbocycles. The summed E-state index contributed by atoms with van der Waals surface area (Å²) in [6.07, 6.45) is 2.72. The van der Waals surface area contributed by atoms with Crippen molar-refractivity contribution in [1.82, 2.24) is 9.97 Å². The number of nitrogens with one attached hydrogen (secondary N) is 1. The maximum Gasteiger partial charge on any atom is 0.123 e. The van der Waals surface area contributed by atoms with E-state index in [9.17, 15) is 0 Å². The zero-order valence-electron chi connectivity index (χ0n) is 8.77. The van der Waals surface area contributed by atoms with E-state index in [0.29, 0.717) is 0 Å². The molecule has 3 heteroatoms. The predicted octanol–water partition coefficient (Wildman–Crippen LogP) is 2.49. The molecule has 0 saturated heterocycles. The molecule has 0 fully saturated rings. The number of nitrogens with two attached hydrogens (primary N) is 1. The number of hydrogen-bond acceptors (Lipinski definition) is 2. The van der Waals surface area contributed by atoms with E-state index < -0.39 is 0 Å². The van der Waals surface area contributed by atoms with Crippen molar-refractivity contribution >= 4 is 0 Å². The van der Waals surface area contributed by atoms with E-state index in [2.05, 4.69) is 29.0 Å². The molecule has 0 aliphatic carbocycles. The van der Waals surface area contributed by atoms with Crippen molar-refractivity contribution in [3.63, 3.8) is 0 Å². The van der Waals surface area contributed by atoms with Crippen LogP contribution in [0.1, 0.15) is 25.2 Å². The van der Waals surface area contributed by atoms with Crippen LogP contribution in [0.15, 0.2) is 36.5 Å². The van der Waals surface area contributed by atoms with Crippen molar-refractivity contribution in [2.75, 3.05) is 0 Å². The number of aromatic nitrogens is 2. The largest absolute Gasteiger partial charge is 0.341 e. The Labute approximate surface area is 89.4 Å². The molecular weight excluding hydrogens is 186 g/mol. The topological polar surface area (TPSA) is 54.7 Å². The van der Waals surface area contributed by atoms with Crippen LogP contribution < -0.4 is 5.73 Å². The van der Waals surface area contributed by atoms with Gasteiger partial charge in [0.1, 0.15) is 5.82 Å². The minimum absolute atomic E-state index is 0.00228. The van der Waals surface area contributed by atoms with E-state index in [1.807, 2.05) is 24.4 Å². The predicted molar refractivity (Wildman–Crippen MR) is 61.2 cm³/mol. The van der Waals surface area contributed by atoms with Gasteiger partial charge in [0.15, 0.2) is 0 Å². The third kappa shape index (κ3) is 2.07. The third-order valence-corrected chi connectivity index (χ3v) is 2.47. The lowest BCUT2D eigenvalue weighted by atomic mass is 10.2. The van der Waals surface area contributed by atoms with Crippen LogP contribution in [0.3, 0.4) is 0 Å². The summed E-state index contributed by atoms with van der Waals surface area (Å²) in [5.74, 6) is 0.858. The highest BCUT2D eigenvalue weighted by Gasteiger charge is 2.08. The highest BCUT2D eigenvalue weighted by Crippen LogP contribution is 2.18. The molecule has 0 spiro atoms. The normalized spacial score (nSPS) is 12.7. The van der Waals surface area contributed by atoms with Crippen LogP contribution in [0, 0.1) is 0 Å². The summed E-state index contributed by atoms with van der Waals surface area (Å²) in [6.45, 7) is 2.05. The molecule has 15 heavy (non-hydrogen) atoms. The molecule has 3 nitrogen and oxygen atoms in total. The Balaban J connectivity index is 2.28. The van der Waals surface area contributed by atoms with E-state index in [0.717, 1.165) is 23.5 Å². The molecule has 1 aromatic heterocycles. The Kier molecular flexibility index (Phi) is 2.83. The first-order valence-electron chi connectivity index (χ1n) is 5.17. The van der Waals surface area contributed by atoms with Gasteiger partial charge in [-0.05, 0) is 12.0 Å². The lowest BCUT2D eigenvalue weighted by Crippen LogP contribution is -2.10. The second kappa shape index (κ2) is 4.28. The minimum Gasteiger partial charge on any atom is -0.341 e. The van der Waals surface area contributed by atoms with Crippen LogP contribution in [0.5, 0.6) is 0 Å². The van der Waals surface area contributed by atoms with Crippen molar-refractivity contribution in [1.29, 1.82) is 0 Å². The first-order chi connectivity index (χ1) is 7.31. The van der Waals surface area contributed by atoms with Gasteiger partial charge in [0.2, 0.25) is 0 Å². The summed E-state index contributed by atoms with van der Waals surface area (Å²) in [7, 11) is 0. The number of benzene rings is 1. The summed E-state index contributed by atoms with van der Waals surface area (Å²) in [5, 5.41) is 0. The third-order valence-electron chi connectivity index (χ3n) is 2.47. The first-order valence-corrected chi connectivity index (χ1v) is 5.17. The van der Waals surface area contributed by atoms with Crippen molar-refractivity contribution in [2.24, 2.45) is 5.73 Å². The van der Waals surface area contributed by atoms with E-state index in [1.54, 1.807) is 0 Å². The first kappa shape index (κ1) is 9.93. The van der Waals surface area contributed by atoms with Crippen molar-refractivity contribution < 1.29 is 0 Å². The standard InChI is InChI=1S/C12H15N3/c1-2-10(13)12-14-8-11(15-12)9-6-4-3-5-7-9/h3-8,10H,2,13H2,1H3,(H,14,15). The van der Waals surface area contributed by atoms with Crippen molar-refractivity contribution in [2.45, 2.75) is 19.4 Å². The van der Waals surface area contributed by atoms with Gasteiger partial charge < -0.3 is 10.7 Å². The van der Waals surface area contributed by atoms with Crippen molar-refractivity contribution in [3.05, 3.63) is 42.4 Å². The van der Waals surface area contributed by atoms with Gasteiger partial charge in [0.25, 0.3) is 0 Å². The van der Waals surface area contributed by atoms with E-state index in [4.69, 9.17) is 5.73 Å². The molecule has 0 amide bonds. The molecule has 0 aliphatic heterocycles. The van der Waals surface area contributed by atoms with Crippen LogP contribution in [0.2, 0.25) is 0 Å². The molecule has 1 aromatic carbocycles. The summed E-state index contributed by atoms with van der Waals surface area (Å²) < 4.78 is 0. The van der Waals surface area contributed by atoms with Crippen LogP contribution in [-0.2, 0) is 0 Å². The number of H-pyrrole nitrogens is 1. The summed E-state index contributed by atoms with van der Waals surface area (Å²) in [5.41, 5.74) is 8.05. The number of aromatic amines is 1. The lowest BCUT2D eigenvalue weighted by Gasteiger charge is -2.03. The molecule has 0 aliphatic rings. The van der Waals surface area contributed by atoms with Gasteiger partial charge >= 0.3 is 0 Å². The molecule has 0 radical (unpaired) electrons. The molecule has 0 bridgehead atoms. The Morgan fingerprint density at radius 2 is 2.07 bits per heavy atom. The van der Waals surface area contributed by atoms with Gasteiger partial charge in [0.05, 0.1) is 17.9 Å². The van der Waals surface area contributed by atoms with E-state index >= 15 is 0 Å². The number of hydrogen-bond donors (Lipinski definition) is 2. The summed E-state index contributed by atoms with van der Waals surface area (Å²) >= 11 is 0. The summed E-state index contributed by atoms with van der Waals surface area (Å²) in [6, 6.07) is 10.1. The highest BCUT2D eigenvalue weighted by molar-refractivity contribution is 5.58. The number of rotatable bonds is 3. The smallest absolute Gasteiger partial charge is 0.123 e. The molecule has 1 unspecified atom stereocenters. The van der Waals surface area contributed by atoms with Crippen LogP contribution in [0.25, 0.3) is 11.3 Å². The van der Waals surface area contributed by atoms with Gasteiger partial charge in [-0.15, -0.1) is 0 Å². The quantitative estimate of drug-likeness (QED) is 0.801. The molecule has 1 heterocycles. The Morgan fingerprint density at radius 1 is 1.33 bits per heavy atom. The van der Waals surface area contributed by atoms with Gasteiger partial charge in [-0.1, -0.05) is 37.3 Å². The van der Waals surface area contributed by atoms with E-state index in [1.165, 1.54) is 0 Å². The van der Waals surface area contributed by atoms with Crippen LogP contribution >= 0.6 is 0 Å². The van der Waals surface area contributed by atoms with Crippen LogP contribution in [0.4, 0.5) is 0 Å². The lowest BCUT2D eigenvalue weighted by molar-refractivity contribution is 0.658. The second-order valence-electron chi connectivity index (χ2n) is 3.56. The average Bonchev–Trinajstić information content (AvgIpc) is 2.78. The highest BCUT2D eigenvalue weighted by atomic mass is 15.0. The van der Waals surface area contributed by atoms with Crippen molar-refractivity contribution in [3.8, 4) is 11.3 Å². The zero-order chi connectivity index (χ0) is 10.7. The van der Waals surface area contributed by atoms with Gasteiger partial charge in [-0.3, -0.25) is 0 Å². The summed E-state index contributed by atoms with van der Waals surface area (Å²) in [4.78, 5) is 7.53. The number of nitrogens with zero attached hydrogens (tertiary/aromatic N) is 1. The fraction of sp³-hybridized carbons (Fsp3) is 0.250. The van der Waals surface area contributed by atoms with Gasteiger partial charge in [0, 0.05) is 0 Å². The zero-order valence-corrected chi connectivity index (χ0v) is 8.77. The number of imidazole rings is 1. The van der Waals surface area contributed by atoms with Gasteiger partial charge in [-0.2, -0.15) is 0 Å². The molecule has 78 valence electrons. The Hall–Kier alpha value is -1.61. The fourth-order valence-corrected chi connectivity index (χ4v) is 1.48. The Bertz CT molecular complexity index is 419. The fourth-order valence-electron chi connectivity index (χ4n) is 1.48. The molecular formula is C12H15N3. The molecule has 2 rings (SSSR count). The van der Waals surface area contributed by atoms with E-state index in [-0.39, 0.29) is 6.04 Å². The molecule has 2 aromatic rings. The second-order valence-corrected chi connectivity index (χ2v) is 3.56. The minimum atomic E-state index is 0.00228. The SMILES string of the molecule is CCC(N)c1ncc(-c2ccccc2)[nH]1. The maximum absolute atomic E-state index is 5.89. The monoisotopic (exact) mass is 201 g/mol. The maximum atomic E-state index is 5.89. The van der Waals surface area contributed by atoms with Gasteiger partial charge in [-0.25, -0.2) is 4.98 Å². The van der Waals surface area contributed by atoms with Crippen LogP contribution in [-0.4, -0.2) is 9.97 Å².